The maximum atomic E-state index is 14.3. The second-order valence-corrected chi connectivity index (χ2v) is 8.12. The number of alkyl halides is 1. The highest BCUT2D eigenvalue weighted by Crippen LogP contribution is 2.44. The van der Waals surface area contributed by atoms with Gasteiger partial charge in [0, 0.05) is 18.3 Å². The minimum Gasteiger partial charge on any atom is -0.367 e. The molecule has 3 aliphatic rings. The van der Waals surface area contributed by atoms with Crippen molar-refractivity contribution in [2.45, 2.75) is 64.2 Å². The molecule has 1 unspecified atom stereocenters. The standard InChI is InChI=1S/C20H27FN2/c1-20(2,21)12-23-11-17-14(10-19(23)13-6-7-13)8-9-16-15(17)4-3-5-18(16)22/h8-10,13,18H,3-7,11-12,22H2,1-2H3. The van der Waals surface area contributed by atoms with Gasteiger partial charge in [-0.25, -0.2) is 4.39 Å². The van der Waals surface area contributed by atoms with Gasteiger partial charge < -0.3 is 10.6 Å². The van der Waals surface area contributed by atoms with Crippen LogP contribution in [0.4, 0.5) is 4.39 Å². The van der Waals surface area contributed by atoms with Gasteiger partial charge in [0.2, 0.25) is 0 Å². The number of nitrogens with two attached hydrogens (primary N) is 1. The summed E-state index contributed by atoms with van der Waals surface area (Å²) >= 11 is 0. The third kappa shape index (κ3) is 2.91. The Morgan fingerprint density at radius 3 is 2.70 bits per heavy atom. The van der Waals surface area contributed by atoms with E-state index in [0.29, 0.717) is 12.5 Å². The largest absolute Gasteiger partial charge is 0.367 e. The minimum absolute atomic E-state index is 0.170. The van der Waals surface area contributed by atoms with Crippen LogP contribution >= 0.6 is 0 Å². The fraction of sp³-hybridized carbons (Fsp3) is 0.600. The summed E-state index contributed by atoms with van der Waals surface area (Å²) in [7, 11) is 0. The Bertz CT molecular complexity index is 652. The average molecular weight is 314 g/mol. The molecule has 2 nitrogen and oxygen atoms in total. The molecule has 1 aromatic rings. The molecule has 0 amide bonds. The first kappa shape index (κ1) is 15.2. The molecule has 2 aliphatic carbocycles. The molecule has 3 heteroatoms. The van der Waals surface area contributed by atoms with E-state index in [-0.39, 0.29) is 6.04 Å². The number of hydrogen-bond donors (Lipinski definition) is 1. The SMILES string of the molecule is CC(C)(F)CN1Cc2c(ccc3c2CCCC3N)C=C1C1CC1. The summed E-state index contributed by atoms with van der Waals surface area (Å²) in [4.78, 5) is 2.29. The number of hydrogen-bond acceptors (Lipinski definition) is 2. The van der Waals surface area contributed by atoms with Crippen molar-refractivity contribution < 1.29 is 4.39 Å². The number of allylic oxidation sites excluding steroid dienone is 1. The molecule has 0 bridgehead atoms. The van der Waals surface area contributed by atoms with Gasteiger partial charge in [0.1, 0.15) is 5.67 Å². The van der Waals surface area contributed by atoms with Crippen molar-refractivity contribution >= 4 is 6.08 Å². The third-order valence-electron chi connectivity index (χ3n) is 5.43. The Morgan fingerprint density at radius 1 is 1.22 bits per heavy atom. The number of rotatable bonds is 3. The van der Waals surface area contributed by atoms with Crippen LogP contribution < -0.4 is 5.73 Å². The Labute approximate surface area is 138 Å². The summed E-state index contributed by atoms with van der Waals surface area (Å²) in [5, 5.41) is 0. The van der Waals surface area contributed by atoms with E-state index in [2.05, 4.69) is 23.1 Å². The highest BCUT2D eigenvalue weighted by Gasteiger charge is 2.35. The van der Waals surface area contributed by atoms with Gasteiger partial charge in [0.15, 0.2) is 0 Å². The Kier molecular flexibility index (Phi) is 3.53. The minimum atomic E-state index is -1.17. The quantitative estimate of drug-likeness (QED) is 0.899. The topological polar surface area (TPSA) is 29.3 Å². The molecule has 1 saturated carbocycles. The van der Waals surface area contributed by atoms with Crippen LogP contribution in [0.5, 0.6) is 0 Å². The molecule has 4 rings (SSSR count). The van der Waals surface area contributed by atoms with E-state index < -0.39 is 5.67 Å². The number of nitrogens with zero attached hydrogens (tertiary/aromatic N) is 1. The summed E-state index contributed by atoms with van der Waals surface area (Å²) in [5.74, 6) is 0.642. The van der Waals surface area contributed by atoms with Crippen molar-refractivity contribution in [1.29, 1.82) is 0 Å². The van der Waals surface area contributed by atoms with Crippen molar-refractivity contribution in [1.82, 2.24) is 4.90 Å². The second kappa shape index (κ2) is 5.34. The van der Waals surface area contributed by atoms with E-state index in [1.54, 1.807) is 13.8 Å². The lowest BCUT2D eigenvalue weighted by molar-refractivity contribution is 0.139. The van der Waals surface area contributed by atoms with Crippen molar-refractivity contribution in [2.24, 2.45) is 11.7 Å². The fourth-order valence-corrected chi connectivity index (χ4v) is 4.24. The van der Waals surface area contributed by atoms with Gasteiger partial charge in [-0.3, -0.25) is 0 Å². The third-order valence-corrected chi connectivity index (χ3v) is 5.43. The van der Waals surface area contributed by atoms with Crippen molar-refractivity contribution in [3.05, 3.63) is 40.1 Å². The smallest absolute Gasteiger partial charge is 0.122 e. The Morgan fingerprint density at radius 2 is 2.00 bits per heavy atom. The predicted octanol–water partition coefficient (Wildman–Crippen LogP) is 4.34. The summed E-state index contributed by atoms with van der Waals surface area (Å²) in [6.45, 7) is 4.69. The van der Waals surface area contributed by atoms with Crippen LogP contribution in [-0.2, 0) is 13.0 Å². The van der Waals surface area contributed by atoms with Crippen LogP contribution in [0.1, 0.15) is 67.8 Å². The first-order valence-corrected chi connectivity index (χ1v) is 8.98. The molecule has 124 valence electrons. The van der Waals surface area contributed by atoms with E-state index in [9.17, 15) is 4.39 Å². The summed E-state index contributed by atoms with van der Waals surface area (Å²) in [6.07, 6.45) is 8.18. The highest BCUT2D eigenvalue weighted by molar-refractivity contribution is 5.63. The normalized spacial score (nSPS) is 24.1. The van der Waals surface area contributed by atoms with Crippen LogP contribution in [-0.4, -0.2) is 17.1 Å². The molecule has 0 radical (unpaired) electrons. The van der Waals surface area contributed by atoms with Crippen LogP contribution in [0, 0.1) is 5.92 Å². The van der Waals surface area contributed by atoms with Gasteiger partial charge in [0.05, 0.1) is 6.54 Å². The molecular formula is C20H27FN2. The molecule has 1 aliphatic heterocycles. The maximum absolute atomic E-state index is 14.3. The number of fused-ring (bicyclic) bond motifs is 3. The maximum Gasteiger partial charge on any atom is 0.122 e. The first-order valence-electron chi connectivity index (χ1n) is 8.98. The average Bonchev–Trinajstić information content (AvgIpc) is 3.30. The van der Waals surface area contributed by atoms with Crippen molar-refractivity contribution in [2.75, 3.05) is 6.54 Å². The molecule has 0 spiro atoms. The molecule has 1 aromatic carbocycles. The molecule has 0 aromatic heterocycles. The van der Waals surface area contributed by atoms with Gasteiger partial charge in [0.25, 0.3) is 0 Å². The Hall–Kier alpha value is -1.35. The van der Waals surface area contributed by atoms with E-state index in [4.69, 9.17) is 5.73 Å². The summed E-state index contributed by atoms with van der Waals surface area (Å²) in [6, 6.07) is 4.64. The highest BCUT2D eigenvalue weighted by atomic mass is 19.1. The van der Waals surface area contributed by atoms with E-state index >= 15 is 0 Å². The molecule has 1 heterocycles. The molecule has 0 saturated heterocycles. The Balaban J connectivity index is 1.75. The molecule has 2 N–H and O–H groups in total. The van der Waals surface area contributed by atoms with Crippen LogP contribution in [0.2, 0.25) is 0 Å². The summed E-state index contributed by atoms with van der Waals surface area (Å²) in [5.41, 5.74) is 12.0. The lowest BCUT2D eigenvalue weighted by Crippen LogP contribution is -2.37. The van der Waals surface area contributed by atoms with Gasteiger partial charge in [-0.15, -0.1) is 0 Å². The second-order valence-electron chi connectivity index (χ2n) is 8.12. The van der Waals surface area contributed by atoms with Gasteiger partial charge in [-0.05, 0) is 80.2 Å². The first-order chi connectivity index (χ1) is 10.9. The van der Waals surface area contributed by atoms with Crippen LogP contribution in [0.15, 0.2) is 17.8 Å². The fourth-order valence-electron chi connectivity index (χ4n) is 4.24. The zero-order chi connectivity index (χ0) is 16.2. The molecule has 1 atom stereocenters. The molecular weight excluding hydrogens is 287 g/mol. The number of benzene rings is 1. The lowest BCUT2D eigenvalue weighted by atomic mass is 9.82. The van der Waals surface area contributed by atoms with Crippen LogP contribution in [0.25, 0.3) is 6.08 Å². The predicted molar refractivity (Wildman–Crippen MR) is 92.6 cm³/mol. The monoisotopic (exact) mass is 314 g/mol. The van der Waals surface area contributed by atoms with Gasteiger partial charge >= 0.3 is 0 Å². The van der Waals surface area contributed by atoms with Crippen molar-refractivity contribution in [3.63, 3.8) is 0 Å². The van der Waals surface area contributed by atoms with Crippen molar-refractivity contribution in [3.8, 4) is 0 Å². The lowest BCUT2D eigenvalue weighted by Gasteiger charge is -2.37. The zero-order valence-corrected chi connectivity index (χ0v) is 14.2. The van der Waals surface area contributed by atoms with E-state index in [0.717, 1.165) is 19.4 Å². The van der Waals surface area contributed by atoms with E-state index in [1.165, 1.54) is 47.2 Å². The number of halogens is 1. The molecule has 1 fully saturated rings. The van der Waals surface area contributed by atoms with Crippen LogP contribution in [0.3, 0.4) is 0 Å². The van der Waals surface area contributed by atoms with Gasteiger partial charge in [-0.2, -0.15) is 0 Å². The van der Waals surface area contributed by atoms with Gasteiger partial charge in [-0.1, -0.05) is 12.1 Å². The zero-order valence-electron chi connectivity index (χ0n) is 14.2. The molecule has 23 heavy (non-hydrogen) atoms. The summed E-state index contributed by atoms with van der Waals surface area (Å²) < 4.78 is 14.3. The van der Waals surface area contributed by atoms with E-state index in [1.807, 2.05) is 0 Å².